The second-order valence-electron chi connectivity index (χ2n) is 5.96. The third-order valence-corrected chi connectivity index (χ3v) is 4.89. The lowest BCUT2D eigenvalue weighted by molar-refractivity contribution is -0.119. The van der Waals surface area contributed by atoms with Gasteiger partial charge in [-0.3, -0.25) is 9.59 Å². The third-order valence-electron chi connectivity index (χ3n) is 4.00. The van der Waals surface area contributed by atoms with E-state index in [9.17, 15) is 9.59 Å². The standard InChI is InChI=1S/C19H19N3O2S/c1-12-6-7-13(2)16(11-12)20-19(24)14(3)22-18(23)9-8-15(21-22)17-5-4-10-25-17/h4-11,14H,1-3H3,(H,20,24). The van der Waals surface area contributed by atoms with E-state index < -0.39 is 6.04 Å². The Hall–Kier alpha value is -2.73. The van der Waals surface area contributed by atoms with Gasteiger partial charge in [0.25, 0.3) is 5.56 Å². The summed E-state index contributed by atoms with van der Waals surface area (Å²) in [5.74, 6) is -0.272. The number of aryl methyl sites for hydroxylation is 2. The summed E-state index contributed by atoms with van der Waals surface area (Å²) >= 11 is 1.54. The lowest BCUT2D eigenvalue weighted by Gasteiger charge is -2.16. The second kappa shape index (κ2) is 7.03. The van der Waals surface area contributed by atoms with Gasteiger partial charge < -0.3 is 5.32 Å². The maximum absolute atomic E-state index is 12.6. The van der Waals surface area contributed by atoms with Gasteiger partial charge in [-0.2, -0.15) is 5.10 Å². The van der Waals surface area contributed by atoms with Crippen molar-refractivity contribution in [3.8, 4) is 10.6 Å². The molecule has 1 N–H and O–H groups in total. The zero-order valence-corrected chi connectivity index (χ0v) is 15.1. The van der Waals surface area contributed by atoms with Crippen LogP contribution in [0.25, 0.3) is 10.6 Å². The monoisotopic (exact) mass is 353 g/mol. The van der Waals surface area contributed by atoms with Crippen LogP contribution >= 0.6 is 11.3 Å². The Balaban J connectivity index is 1.88. The summed E-state index contributed by atoms with van der Waals surface area (Å²) in [5.41, 5.74) is 3.16. The Morgan fingerprint density at radius 1 is 1.20 bits per heavy atom. The number of rotatable bonds is 4. The highest BCUT2D eigenvalue weighted by Gasteiger charge is 2.19. The molecule has 0 aliphatic rings. The normalized spacial score (nSPS) is 12.0. The molecule has 0 bridgehead atoms. The Bertz CT molecular complexity index is 961. The maximum atomic E-state index is 12.6. The Morgan fingerprint density at radius 3 is 2.72 bits per heavy atom. The first-order valence-electron chi connectivity index (χ1n) is 7.97. The van der Waals surface area contributed by atoms with Gasteiger partial charge in [-0.25, -0.2) is 4.68 Å². The van der Waals surface area contributed by atoms with Gasteiger partial charge in [-0.1, -0.05) is 18.2 Å². The summed E-state index contributed by atoms with van der Waals surface area (Å²) in [4.78, 5) is 25.8. The SMILES string of the molecule is Cc1ccc(C)c(NC(=O)C(C)n2nc(-c3cccs3)ccc2=O)c1. The van der Waals surface area contributed by atoms with Gasteiger partial charge in [0.05, 0.1) is 4.88 Å². The van der Waals surface area contributed by atoms with Crippen molar-refractivity contribution in [2.45, 2.75) is 26.8 Å². The minimum absolute atomic E-state index is 0.272. The van der Waals surface area contributed by atoms with Gasteiger partial charge in [0, 0.05) is 11.8 Å². The molecule has 3 rings (SSSR count). The topological polar surface area (TPSA) is 64.0 Å². The minimum atomic E-state index is -0.715. The molecule has 6 heteroatoms. The van der Waals surface area contributed by atoms with Crippen LogP contribution in [-0.4, -0.2) is 15.7 Å². The summed E-state index contributed by atoms with van der Waals surface area (Å²) in [7, 11) is 0. The number of nitrogens with zero attached hydrogens (tertiary/aromatic N) is 2. The molecule has 1 atom stereocenters. The summed E-state index contributed by atoms with van der Waals surface area (Å²) in [5, 5.41) is 9.21. The summed E-state index contributed by atoms with van der Waals surface area (Å²) < 4.78 is 1.23. The zero-order chi connectivity index (χ0) is 18.0. The van der Waals surface area contributed by atoms with Crippen LogP contribution in [0.1, 0.15) is 24.1 Å². The van der Waals surface area contributed by atoms with E-state index >= 15 is 0 Å². The fourth-order valence-corrected chi connectivity index (χ4v) is 3.17. The third kappa shape index (κ3) is 3.69. The van der Waals surface area contributed by atoms with Crippen LogP contribution in [0.15, 0.2) is 52.6 Å². The molecule has 0 aliphatic carbocycles. The fourth-order valence-electron chi connectivity index (χ4n) is 2.48. The average molecular weight is 353 g/mol. The first kappa shape index (κ1) is 17.1. The van der Waals surface area contributed by atoms with Crippen LogP contribution in [0, 0.1) is 13.8 Å². The Kier molecular flexibility index (Phi) is 4.81. The van der Waals surface area contributed by atoms with Gasteiger partial charge in [0.15, 0.2) is 0 Å². The lowest BCUT2D eigenvalue weighted by atomic mass is 10.1. The van der Waals surface area contributed by atoms with E-state index in [1.165, 1.54) is 22.1 Å². The highest BCUT2D eigenvalue weighted by molar-refractivity contribution is 7.13. The number of aromatic nitrogens is 2. The molecule has 2 aromatic heterocycles. The number of hydrogen-bond acceptors (Lipinski definition) is 4. The van der Waals surface area contributed by atoms with Crippen molar-refractivity contribution in [1.29, 1.82) is 0 Å². The van der Waals surface area contributed by atoms with E-state index in [0.29, 0.717) is 5.69 Å². The Morgan fingerprint density at radius 2 is 2.00 bits per heavy atom. The van der Waals surface area contributed by atoms with Gasteiger partial charge >= 0.3 is 0 Å². The van der Waals surface area contributed by atoms with Crippen molar-refractivity contribution in [2.24, 2.45) is 0 Å². The number of benzene rings is 1. The van der Waals surface area contributed by atoms with Gasteiger partial charge in [0.2, 0.25) is 5.91 Å². The molecular weight excluding hydrogens is 334 g/mol. The zero-order valence-electron chi connectivity index (χ0n) is 14.3. The van der Waals surface area contributed by atoms with Crippen molar-refractivity contribution in [1.82, 2.24) is 9.78 Å². The predicted octanol–water partition coefficient (Wildman–Crippen LogP) is 3.79. The highest BCUT2D eigenvalue weighted by atomic mass is 32.1. The van der Waals surface area contributed by atoms with Gasteiger partial charge in [0.1, 0.15) is 11.7 Å². The van der Waals surface area contributed by atoms with Crippen LogP contribution in [0.5, 0.6) is 0 Å². The number of thiophene rings is 1. The van der Waals surface area contributed by atoms with Crippen molar-refractivity contribution >= 4 is 22.9 Å². The number of hydrogen-bond donors (Lipinski definition) is 1. The second-order valence-corrected chi connectivity index (χ2v) is 6.91. The Labute approximate surface area is 150 Å². The molecule has 0 saturated carbocycles. The number of carbonyl (C=O) groups excluding carboxylic acids is 1. The smallest absolute Gasteiger partial charge is 0.267 e. The molecule has 5 nitrogen and oxygen atoms in total. The quantitative estimate of drug-likeness (QED) is 0.776. The lowest BCUT2D eigenvalue weighted by Crippen LogP contribution is -2.33. The molecular formula is C19H19N3O2S. The number of carbonyl (C=O) groups is 1. The van der Waals surface area contributed by atoms with Crippen molar-refractivity contribution in [2.75, 3.05) is 5.32 Å². The van der Waals surface area contributed by atoms with E-state index in [-0.39, 0.29) is 11.5 Å². The molecule has 3 aromatic rings. The molecule has 0 radical (unpaired) electrons. The number of anilines is 1. The minimum Gasteiger partial charge on any atom is -0.324 e. The number of nitrogens with one attached hydrogen (secondary N) is 1. The van der Waals surface area contributed by atoms with Crippen LogP contribution in [0.4, 0.5) is 5.69 Å². The molecule has 2 heterocycles. The fraction of sp³-hybridized carbons (Fsp3) is 0.211. The van der Waals surface area contributed by atoms with E-state index in [1.54, 1.807) is 13.0 Å². The van der Waals surface area contributed by atoms with E-state index in [1.807, 2.05) is 49.6 Å². The molecule has 0 fully saturated rings. The van der Waals surface area contributed by atoms with Crippen molar-refractivity contribution in [3.63, 3.8) is 0 Å². The molecule has 1 amide bonds. The first-order chi connectivity index (χ1) is 12.0. The predicted molar refractivity (Wildman–Crippen MR) is 101 cm³/mol. The molecule has 0 aliphatic heterocycles. The summed E-state index contributed by atoms with van der Waals surface area (Å²) in [6.45, 7) is 5.57. The van der Waals surface area contributed by atoms with E-state index in [4.69, 9.17) is 0 Å². The molecule has 1 aromatic carbocycles. The van der Waals surface area contributed by atoms with Crippen LogP contribution < -0.4 is 10.9 Å². The van der Waals surface area contributed by atoms with Crippen LogP contribution in [0.2, 0.25) is 0 Å². The van der Waals surface area contributed by atoms with E-state index in [0.717, 1.165) is 21.7 Å². The molecule has 1 unspecified atom stereocenters. The highest BCUT2D eigenvalue weighted by Crippen LogP contribution is 2.22. The average Bonchev–Trinajstić information content (AvgIpc) is 3.12. The molecule has 25 heavy (non-hydrogen) atoms. The van der Waals surface area contributed by atoms with Gasteiger partial charge in [-0.15, -0.1) is 11.3 Å². The van der Waals surface area contributed by atoms with Crippen molar-refractivity contribution < 1.29 is 4.79 Å². The van der Waals surface area contributed by atoms with Gasteiger partial charge in [-0.05, 0) is 55.5 Å². The van der Waals surface area contributed by atoms with Crippen LogP contribution in [-0.2, 0) is 4.79 Å². The largest absolute Gasteiger partial charge is 0.324 e. The molecule has 0 saturated heterocycles. The summed E-state index contributed by atoms with van der Waals surface area (Å²) in [6.07, 6.45) is 0. The summed E-state index contributed by atoms with van der Waals surface area (Å²) in [6, 6.07) is 12.1. The maximum Gasteiger partial charge on any atom is 0.267 e. The molecule has 128 valence electrons. The number of amides is 1. The van der Waals surface area contributed by atoms with Crippen LogP contribution in [0.3, 0.4) is 0 Å². The first-order valence-corrected chi connectivity index (χ1v) is 8.85. The van der Waals surface area contributed by atoms with E-state index in [2.05, 4.69) is 10.4 Å². The molecule has 0 spiro atoms. The van der Waals surface area contributed by atoms with Crippen molar-refractivity contribution in [3.05, 3.63) is 69.3 Å².